The van der Waals surface area contributed by atoms with Crippen LogP contribution in [-0.2, 0) is 0 Å². The molecule has 0 saturated heterocycles. The van der Waals surface area contributed by atoms with Crippen LogP contribution in [0.4, 0.5) is 0 Å². The molecule has 0 aliphatic carbocycles. The Morgan fingerprint density at radius 2 is 1.83 bits per heavy atom. The number of terminal acetylenes is 1. The van der Waals surface area contributed by atoms with E-state index in [4.69, 9.17) is 15.3 Å². The number of hydrogen-bond acceptors (Lipinski definition) is 2. The number of aromatic nitrogens is 1. The Labute approximate surface area is 172 Å². The van der Waals surface area contributed by atoms with Crippen LogP contribution < -0.4 is 0 Å². The first kappa shape index (κ1) is 16.8. The fourth-order valence-corrected chi connectivity index (χ4v) is 4.45. The van der Waals surface area contributed by atoms with Gasteiger partial charge in [0.25, 0.3) is 0 Å². The zero-order valence-electron chi connectivity index (χ0n) is 16.3. The maximum Gasteiger partial charge on any atom is 0.143 e. The normalized spacial score (nSPS) is 12.0. The summed E-state index contributed by atoms with van der Waals surface area (Å²) in [6.45, 7) is 2.11. The highest BCUT2D eigenvalue weighted by molar-refractivity contribution is 6.08. The van der Waals surface area contributed by atoms with E-state index in [1.807, 2.05) is 36.4 Å². The zero-order chi connectivity index (χ0) is 20.2. The van der Waals surface area contributed by atoms with E-state index in [1.54, 1.807) is 12.3 Å². The van der Waals surface area contributed by atoms with Crippen LogP contribution in [0.1, 0.15) is 11.3 Å². The molecule has 3 heterocycles. The molecule has 6 rings (SSSR count). The van der Waals surface area contributed by atoms with Gasteiger partial charge in [0.05, 0.1) is 17.5 Å². The second-order valence-electron chi connectivity index (χ2n) is 7.42. The van der Waals surface area contributed by atoms with Gasteiger partial charge in [-0.1, -0.05) is 24.1 Å². The zero-order valence-corrected chi connectivity index (χ0v) is 16.3. The monoisotopic (exact) mass is 387 g/mol. The third kappa shape index (κ3) is 2.22. The first-order valence-electron chi connectivity index (χ1n) is 9.82. The van der Waals surface area contributed by atoms with Gasteiger partial charge in [-0.05, 0) is 67.1 Å². The Morgan fingerprint density at radius 3 is 2.73 bits per heavy atom. The van der Waals surface area contributed by atoms with Crippen LogP contribution in [-0.4, -0.2) is 4.57 Å². The molecule has 0 fully saturated rings. The number of allylic oxidation sites excluding steroid dienone is 1. The predicted octanol–water partition coefficient (Wildman–Crippen LogP) is 7.23. The lowest BCUT2D eigenvalue weighted by Gasteiger charge is -2.09. The highest BCUT2D eigenvalue weighted by Gasteiger charge is 2.18. The van der Waals surface area contributed by atoms with Gasteiger partial charge in [-0.15, -0.1) is 6.42 Å². The molecule has 0 aliphatic rings. The number of aryl methyl sites for hydroxylation is 1. The third-order valence-corrected chi connectivity index (χ3v) is 5.80. The summed E-state index contributed by atoms with van der Waals surface area (Å²) in [7, 11) is 0. The summed E-state index contributed by atoms with van der Waals surface area (Å²) in [5.41, 5.74) is 6.97. The number of furan rings is 2. The van der Waals surface area contributed by atoms with E-state index in [-0.39, 0.29) is 0 Å². The minimum Gasteiger partial charge on any atom is -0.464 e. The van der Waals surface area contributed by atoms with Crippen molar-refractivity contribution in [3.63, 3.8) is 0 Å². The molecule has 3 aromatic heterocycles. The molecule has 30 heavy (non-hydrogen) atoms. The maximum absolute atomic E-state index is 6.01. The van der Waals surface area contributed by atoms with Crippen LogP contribution in [0.3, 0.4) is 0 Å². The van der Waals surface area contributed by atoms with Gasteiger partial charge in [0.15, 0.2) is 0 Å². The van der Waals surface area contributed by atoms with E-state index in [0.29, 0.717) is 0 Å². The predicted molar refractivity (Wildman–Crippen MR) is 123 cm³/mol. The Morgan fingerprint density at radius 1 is 0.967 bits per heavy atom. The van der Waals surface area contributed by atoms with Crippen molar-refractivity contribution in [1.29, 1.82) is 0 Å². The standard InChI is InChI=1S/C27H17NO2/c1-3-4-8-22-17(2)26-23(12-10-18-14-15-29-27(18)26)28(22)19-11-13-25-21(16-19)20-7-5-6-9-24(20)30-25/h1,4-16H,2H3/b8-4-. The molecule has 3 heteroatoms. The molecule has 0 amide bonds. The molecular weight excluding hydrogens is 370 g/mol. The van der Waals surface area contributed by atoms with E-state index in [2.05, 4.69) is 47.7 Å². The molecule has 0 unspecified atom stereocenters. The van der Waals surface area contributed by atoms with Crippen molar-refractivity contribution >= 4 is 49.9 Å². The Bertz CT molecular complexity index is 1660. The molecule has 0 spiro atoms. The third-order valence-electron chi connectivity index (χ3n) is 5.80. The second-order valence-corrected chi connectivity index (χ2v) is 7.42. The lowest BCUT2D eigenvalue weighted by molar-refractivity contribution is 0.619. The van der Waals surface area contributed by atoms with Crippen molar-refractivity contribution in [2.24, 2.45) is 0 Å². The van der Waals surface area contributed by atoms with Gasteiger partial charge in [-0.2, -0.15) is 0 Å². The first-order valence-corrected chi connectivity index (χ1v) is 9.82. The number of fused-ring (bicyclic) bond motifs is 6. The average molecular weight is 387 g/mol. The summed E-state index contributed by atoms with van der Waals surface area (Å²) < 4.78 is 14.1. The molecule has 0 saturated carbocycles. The van der Waals surface area contributed by atoms with Gasteiger partial charge in [-0.3, -0.25) is 0 Å². The van der Waals surface area contributed by atoms with E-state index < -0.39 is 0 Å². The van der Waals surface area contributed by atoms with Crippen LogP contribution >= 0.6 is 0 Å². The van der Waals surface area contributed by atoms with Gasteiger partial charge < -0.3 is 13.4 Å². The van der Waals surface area contributed by atoms with Gasteiger partial charge in [0.2, 0.25) is 0 Å². The quantitative estimate of drug-likeness (QED) is 0.293. The lowest BCUT2D eigenvalue weighted by atomic mass is 10.1. The largest absolute Gasteiger partial charge is 0.464 e. The molecule has 0 aliphatic heterocycles. The van der Waals surface area contributed by atoms with Crippen molar-refractivity contribution in [2.45, 2.75) is 6.92 Å². The van der Waals surface area contributed by atoms with Crippen molar-refractivity contribution in [3.8, 4) is 18.0 Å². The van der Waals surface area contributed by atoms with Gasteiger partial charge in [0.1, 0.15) is 16.7 Å². The van der Waals surface area contributed by atoms with Gasteiger partial charge in [0, 0.05) is 27.2 Å². The highest BCUT2D eigenvalue weighted by atomic mass is 16.3. The molecule has 6 aromatic rings. The molecular formula is C27H17NO2. The molecule has 0 radical (unpaired) electrons. The van der Waals surface area contributed by atoms with Crippen molar-refractivity contribution in [1.82, 2.24) is 4.57 Å². The van der Waals surface area contributed by atoms with Gasteiger partial charge in [-0.25, -0.2) is 0 Å². The SMILES string of the molecule is C#C/C=C\c1c(C)c2c3occc3ccc2n1-c1ccc2oc3ccccc3c2c1. The van der Waals surface area contributed by atoms with Crippen LogP contribution in [0.2, 0.25) is 0 Å². The number of hydrogen-bond donors (Lipinski definition) is 0. The molecule has 0 bridgehead atoms. The van der Waals surface area contributed by atoms with Crippen molar-refractivity contribution < 1.29 is 8.83 Å². The summed E-state index contributed by atoms with van der Waals surface area (Å²) in [6.07, 6.45) is 11.0. The fourth-order valence-electron chi connectivity index (χ4n) is 4.45. The minimum absolute atomic E-state index is 0.877. The van der Waals surface area contributed by atoms with Crippen LogP contribution in [0.5, 0.6) is 0 Å². The fraction of sp³-hybridized carbons (Fsp3) is 0.0370. The summed E-state index contributed by atoms with van der Waals surface area (Å²) in [5, 5.41) is 4.39. The highest BCUT2D eigenvalue weighted by Crippen LogP contribution is 2.37. The first-order chi connectivity index (χ1) is 14.8. The maximum atomic E-state index is 6.01. The van der Waals surface area contributed by atoms with E-state index in [9.17, 15) is 0 Å². The van der Waals surface area contributed by atoms with Crippen LogP contribution in [0.15, 0.2) is 81.8 Å². The van der Waals surface area contributed by atoms with Gasteiger partial charge >= 0.3 is 0 Å². The minimum atomic E-state index is 0.877. The number of benzene rings is 3. The molecule has 3 nitrogen and oxygen atoms in total. The Balaban J connectivity index is 1.74. The Kier molecular flexibility index (Phi) is 3.45. The molecule has 142 valence electrons. The number of nitrogens with zero attached hydrogens (tertiary/aromatic N) is 1. The topological polar surface area (TPSA) is 31.2 Å². The van der Waals surface area contributed by atoms with E-state index in [0.717, 1.165) is 60.8 Å². The Hall–Kier alpha value is -4.16. The second kappa shape index (κ2) is 6.17. The van der Waals surface area contributed by atoms with Crippen molar-refractivity contribution in [2.75, 3.05) is 0 Å². The van der Waals surface area contributed by atoms with Crippen LogP contribution in [0.25, 0.3) is 55.6 Å². The van der Waals surface area contributed by atoms with E-state index >= 15 is 0 Å². The summed E-state index contributed by atoms with van der Waals surface area (Å²) in [6, 6.07) is 20.7. The molecule has 0 atom stereocenters. The molecule has 3 aromatic carbocycles. The van der Waals surface area contributed by atoms with Crippen LogP contribution in [0, 0.1) is 19.3 Å². The summed E-state index contributed by atoms with van der Waals surface area (Å²) in [4.78, 5) is 0. The number of para-hydroxylation sites is 1. The van der Waals surface area contributed by atoms with E-state index in [1.165, 1.54) is 0 Å². The molecule has 0 N–H and O–H groups in total. The average Bonchev–Trinajstić information content (AvgIpc) is 3.45. The smallest absolute Gasteiger partial charge is 0.143 e. The number of rotatable bonds is 2. The van der Waals surface area contributed by atoms with Crippen molar-refractivity contribution in [3.05, 3.63) is 84.3 Å². The summed E-state index contributed by atoms with van der Waals surface area (Å²) in [5.74, 6) is 2.62. The summed E-state index contributed by atoms with van der Waals surface area (Å²) >= 11 is 0. The lowest BCUT2D eigenvalue weighted by Crippen LogP contribution is -1.96.